The molecule has 0 saturated carbocycles. The Balaban J connectivity index is 3.01. The van der Waals surface area contributed by atoms with Crippen molar-refractivity contribution in [1.29, 1.82) is 0 Å². The second kappa shape index (κ2) is 6.89. The Morgan fingerprint density at radius 1 is 1.32 bits per heavy atom. The average Bonchev–Trinajstić information content (AvgIpc) is 2.43. The molecule has 0 radical (unpaired) electrons. The van der Waals surface area contributed by atoms with E-state index in [1.165, 1.54) is 7.11 Å². The summed E-state index contributed by atoms with van der Waals surface area (Å²) in [6.45, 7) is 2.00. The van der Waals surface area contributed by atoms with Gasteiger partial charge in [-0.25, -0.2) is 4.79 Å². The molecule has 0 bridgehead atoms. The van der Waals surface area contributed by atoms with Crippen LogP contribution in [-0.2, 0) is 19.9 Å². The first-order valence-electron chi connectivity index (χ1n) is 6.15. The third-order valence-electron chi connectivity index (χ3n) is 3.05. The van der Waals surface area contributed by atoms with E-state index < -0.39 is 11.5 Å². The van der Waals surface area contributed by atoms with Crippen LogP contribution in [0.15, 0.2) is 30.3 Å². The van der Waals surface area contributed by atoms with Crippen LogP contribution in [-0.4, -0.2) is 30.7 Å². The summed E-state index contributed by atoms with van der Waals surface area (Å²) in [7, 11) is 1.49. The highest BCUT2D eigenvalue weighted by Gasteiger charge is 2.39. The van der Waals surface area contributed by atoms with Crippen molar-refractivity contribution < 1.29 is 19.4 Å². The summed E-state index contributed by atoms with van der Waals surface area (Å²) in [6, 6.07) is 8.72. The standard InChI is InChI=1S/C14H19NO4/c1-3-14(13(17)18,11-7-5-4-6-8-11)15-12(16)9-10-19-2/h4-8H,3,9-10H2,1-2H3,(H,15,16)(H,17,18). The highest BCUT2D eigenvalue weighted by molar-refractivity contribution is 5.88. The molecule has 0 aliphatic rings. The number of aliphatic carboxylic acids is 1. The molecule has 1 aromatic carbocycles. The van der Waals surface area contributed by atoms with Gasteiger partial charge in [0, 0.05) is 13.5 Å². The number of carbonyl (C=O) groups excluding carboxylic acids is 1. The van der Waals surface area contributed by atoms with Gasteiger partial charge in [-0.1, -0.05) is 37.3 Å². The largest absolute Gasteiger partial charge is 0.479 e. The highest BCUT2D eigenvalue weighted by atomic mass is 16.5. The van der Waals surface area contributed by atoms with E-state index in [0.717, 1.165) is 0 Å². The topological polar surface area (TPSA) is 75.6 Å². The molecule has 1 unspecified atom stereocenters. The lowest BCUT2D eigenvalue weighted by atomic mass is 9.87. The molecule has 104 valence electrons. The van der Waals surface area contributed by atoms with Crippen LogP contribution in [0.2, 0.25) is 0 Å². The van der Waals surface area contributed by atoms with Gasteiger partial charge in [-0.05, 0) is 12.0 Å². The van der Waals surface area contributed by atoms with Gasteiger partial charge in [-0.15, -0.1) is 0 Å². The van der Waals surface area contributed by atoms with Gasteiger partial charge in [-0.2, -0.15) is 0 Å². The van der Waals surface area contributed by atoms with E-state index in [1.54, 1.807) is 37.3 Å². The van der Waals surface area contributed by atoms with Crippen LogP contribution in [0.4, 0.5) is 0 Å². The minimum atomic E-state index is -1.38. The molecule has 5 nitrogen and oxygen atoms in total. The Labute approximate surface area is 112 Å². The Morgan fingerprint density at radius 3 is 2.42 bits per heavy atom. The molecule has 0 aliphatic carbocycles. The number of hydrogen-bond donors (Lipinski definition) is 2. The second-order valence-electron chi connectivity index (χ2n) is 4.22. The fourth-order valence-corrected chi connectivity index (χ4v) is 1.91. The number of methoxy groups -OCH3 is 1. The monoisotopic (exact) mass is 265 g/mol. The van der Waals surface area contributed by atoms with Gasteiger partial charge in [0.15, 0.2) is 5.54 Å². The van der Waals surface area contributed by atoms with E-state index >= 15 is 0 Å². The van der Waals surface area contributed by atoms with Crippen molar-refractivity contribution in [2.75, 3.05) is 13.7 Å². The van der Waals surface area contributed by atoms with Gasteiger partial charge < -0.3 is 15.2 Å². The number of carboxylic acid groups (broad SMARTS) is 1. The lowest BCUT2D eigenvalue weighted by molar-refractivity contribution is -0.148. The number of carboxylic acids is 1. The first kappa shape index (κ1) is 15.2. The first-order chi connectivity index (χ1) is 9.06. The predicted octanol–water partition coefficient (Wildman–Crippen LogP) is 1.53. The summed E-state index contributed by atoms with van der Waals surface area (Å²) in [4.78, 5) is 23.4. The fourth-order valence-electron chi connectivity index (χ4n) is 1.91. The predicted molar refractivity (Wildman–Crippen MR) is 70.7 cm³/mol. The molecule has 1 atom stereocenters. The zero-order valence-electron chi connectivity index (χ0n) is 11.2. The molecule has 0 fully saturated rings. The molecular formula is C14H19NO4. The molecule has 0 saturated heterocycles. The average molecular weight is 265 g/mol. The molecule has 1 rings (SSSR count). The van der Waals surface area contributed by atoms with E-state index in [1.807, 2.05) is 0 Å². The molecule has 0 aliphatic heterocycles. The van der Waals surface area contributed by atoms with Crippen molar-refractivity contribution in [2.45, 2.75) is 25.3 Å². The van der Waals surface area contributed by atoms with Crippen molar-refractivity contribution >= 4 is 11.9 Å². The maximum atomic E-state index is 11.8. The molecule has 0 heterocycles. The summed E-state index contributed by atoms with van der Waals surface area (Å²) in [6.07, 6.45) is 0.406. The first-order valence-corrected chi connectivity index (χ1v) is 6.15. The van der Waals surface area contributed by atoms with Crippen LogP contribution in [0.1, 0.15) is 25.3 Å². The minimum absolute atomic E-state index is 0.137. The van der Waals surface area contributed by atoms with E-state index in [-0.39, 0.29) is 25.4 Å². The van der Waals surface area contributed by atoms with Crippen LogP contribution in [0.3, 0.4) is 0 Å². The molecule has 19 heavy (non-hydrogen) atoms. The van der Waals surface area contributed by atoms with Crippen LogP contribution in [0, 0.1) is 0 Å². The number of rotatable bonds is 7. The zero-order chi connectivity index (χ0) is 14.3. The van der Waals surface area contributed by atoms with Gasteiger partial charge >= 0.3 is 5.97 Å². The number of benzene rings is 1. The van der Waals surface area contributed by atoms with Crippen LogP contribution < -0.4 is 5.32 Å². The van der Waals surface area contributed by atoms with Gasteiger partial charge in [0.25, 0.3) is 0 Å². The number of hydrogen-bond acceptors (Lipinski definition) is 3. The molecule has 2 N–H and O–H groups in total. The number of amides is 1. The highest BCUT2D eigenvalue weighted by Crippen LogP contribution is 2.25. The minimum Gasteiger partial charge on any atom is -0.479 e. The molecule has 0 aromatic heterocycles. The fraction of sp³-hybridized carbons (Fsp3) is 0.429. The van der Waals surface area contributed by atoms with Crippen molar-refractivity contribution in [3.8, 4) is 0 Å². The quantitative estimate of drug-likeness (QED) is 0.784. The van der Waals surface area contributed by atoms with E-state index in [0.29, 0.717) is 5.56 Å². The van der Waals surface area contributed by atoms with Gasteiger partial charge in [0.2, 0.25) is 5.91 Å². The second-order valence-corrected chi connectivity index (χ2v) is 4.22. The van der Waals surface area contributed by atoms with Gasteiger partial charge in [-0.3, -0.25) is 4.79 Å². The summed E-state index contributed by atoms with van der Waals surface area (Å²) < 4.78 is 4.82. The number of carbonyl (C=O) groups is 2. The molecule has 1 amide bonds. The third-order valence-corrected chi connectivity index (χ3v) is 3.05. The van der Waals surface area contributed by atoms with E-state index in [4.69, 9.17) is 4.74 Å². The third kappa shape index (κ3) is 3.54. The van der Waals surface area contributed by atoms with Crippen molar-refractivity contribution in [3.05, 3.63) is 35.9 Å². The molecular weight excluding hydrogens is 246 g/mol. The zero-order valence-corrected chi connectivity index (χ0v) is 11.2. The Kier molecular flexibility index (Phi) is 5.51. The smallest absolute Gasteiger partial charge is 0.334 e. The van der Waals surface area contributed by atoms with Crippen LogP contribution >= 0.6 is 0 Å². The van der Waals surface area contributed by atoms with E-state index in [9.17, 15) is 14.7 Å². The number of nitrogens with one attached hydrogen (secondary N) is 1. The summed E-state index contributed by atoms with van der Waals surface area (Å²) in [5.41, 5.74) is -0.817. The normalized spacial score (nSPS) is 13.6. The summed E-state index contributed by atoms with van der Waals surface area (Å²) >= 11 is 0. The summed E-state index contributed by atoms with van der Waals surface area (Å²) in [5.74, 6) is -1.40. The molecule has 5 heteroatoms. The van der Waals surface area contributed by atoms with Crippen molar-refractivity contribution in [3.63, 3.8) is 0 Å². The van der Waals surface area contributed by atoms with Gasteiger partial charge in [0.05, 0.1) is 6.61 Å². The van der Waals surface area contributed by atoms with Crippen molar-refractivity contribution in [2.24, 2.45) is 0 Å². The lowest BCUT2D eigenvalue weighted by Gasteiger charge is -2.30. The Hall–Kier alpha value is -1.88. The Morgan fingerprint density at radius 2 is 1.95 bits per heavy atom. The molecule has 1 aromatic rings. The van der Waals surface area contributed by atoms with Gasteiger partial charge in [0.1, 0.15) is 0 Å². The lowest BCUT2D eigenvalue weighted by Crippen LogP contribution is -2.51. The van der Waals surface area contributed by atoms with Crippen molar-refractivity contribution in [1.82, 2.24) is 5.32 Å². The maximum Gasteiger partial charge on any atom is 0.334 e. The summed E-state index contributed by atoms with van der Waals surface area (Å²) in [5, 5.41) is 12.1. The molecule has 0 spiro atoms. The Bertz CT molecular complexity index is 432. The SMILES string of the molecule is CCC(NC(=O)CCOC)(C(=O)O)c1ccccc1. The maximum absolute atomic E-state index is 11.8. The van der Waals surface area contributed by atoms with Crippen LogP contribution in [0.25, 0.3) is 0 Å². The van der Waals surface area contributed by atoms with E-state index in [2.05, 4.69) is 5.32 Å². The van der Waals surface area contributed by atoms with Crippen LogP contribution in [0.5, 0.6) is 0 Å². The number of ether oxygens (including phenoxy) is 1.